The molecule has 3 N–H and O–H groups in total. The number of benzene rings is 1. The Hall–Kier alpha value is -1.27. The van der Waals surface area contributed by atoms with Gasteiger partial charge in [0.15, 0.2) is 0 Å². The SMILES string of the molecule is CNS(=O)(=O)c1ccc(N2CCC(C)CC2)c(N)c1. The van der Waals surface area contributed by atoms with Crippen molar-refractivity contribution in [2.45, 2.75) is 24.7 Å². The minimum absolute atomic E-state index is 0.210. The molecule has 0 amide bonds. The van der Waals surface area contributed by atoms with Crippen molar-refractivity contribution in [1.82, 2.24) is 4.72 Å². The molecule has 2 rings (SSSR count). The molecular formula is C13H21N3O2S. The quantitative estimate of drug-likeness (QED) is 0.823. The van der Waals surface area contributed by atoms with E-state index in [4.69, 9.17) is 5.73 Å². The Kier molecular flexibility index (Phi) is 4.01. The fourth-order valence-corrected chi connectivity index (χ4v) is 3.12. The molecule has 1 saturated heterocycles. The molecule has 0 saturated carbocycles. The molecule has 106 valence electrons. The molecule has 0 unspecified atom stereocenters. The van der Waals surface area contributed by atoms with Gasteiger partial charge in [-0.1, -0.05) is 6.92 Å². The lowest BCUT2D eigenvalue weighted by Crippen LogP contribution is -2.33. The highest BCUT2D eigenvalue weighted by atomic mass is 32.2. The molecule has 1 aromatic rings. The van der Waals surface area contributed by atoms with Gasteiger partial charge in [-0.25, -0.2) is 13.1 Å². The molecule has 0 spiro atoms. The maximum atomic E-state index is 11.7. The van der Waals surface area contributed by atoms with Crippen molar-refractivity contribution in [1.29, 1.82) is 0 Å². The molecule has 1 aromatic carbocycles. The molecule has 6 heteroatoms. The van der Waals surface area contributed by atoms with E-state index >= 15 is 0 Å². The number of sulfonamides is 1. The molecule has 0 bridgehead atoms. The summed E-state index contributed by atoms with van der Waals surface area (Å²) in [6.07, 6.45) is 2.30. The molecule has 5 nitrogen and oxygen atoms in total. The molecular weight excluding hydrogens is 262 g/mol. The van der Waals surface area contributed by atoms with E-state index in [-0.39, 0.29) is 4.90 Å². The van der Waals surface area contributed by atoms with E-state index in [2.05, 4.69) is 16.5 Å². The zero-order chi connectivity index (χ0) is 14.0. The standard InChI is InChI=1S/C13H21N3O2S/c1-10-5-7-16(8-6-10)13-4-3-11(9-12(13)14)19(17,18)15-2/h3-4,9-10,15H,5-8,14H2,1-2H3. The normalized spacial score (nSPS) is 17.7. The van der Waals surface area contributed by atoms with Crippen molar-refractivity contribution in [2.75, 3.05) is 30.8 Å². The van der Waals surface area contributed by atoms with Crippen LogP contribution in [-0.2, 0) is 10.0 Å². The number of nitrogens with one attached hydrogen (secondary N) is 1. The Bertz CT molecular complexity index is 549. The predicted molar refractivity (Wildman–Crippen MR) is 77.7 cm³/mol. The number of hydrogen-bond acceptors (Lipinski definition) is 4. The van der Waals surface area contributed by atoms with Crippen molar-refractivity contribution >= 4 is 21.4 Å². The van der Waals surface area contributed by atoms with Gasteiger partial charge < -0.3 is 10.6 Å². The van der Waals surface area contributed by atoms with Gasteiger partial charge in [-0.2, -0.15) is 0 Å². The second kappa shape index (κ2) is 5.38. The third-order valence-electron chi connectivity index (χ3n) is 3.70. The van der Waals surface area contributed by atoms with Gasteiger partial charge in [0.2, 0.25) is 10.0 Å². The van der Waals surface area contributed by atoms with Crippen LogP contribution in [-0.4, -0.2) is 28.6 Å². The molecule has 0 aliphatic carbocycles. The summed E-state index contributed by atoms with van der Waals surface area (Å²) in [4.78, 5) is 2.44. The van der Waals surface area contributed by atoms with Crippen molar-refractivity contribution in [2.24, 2.45) is 5.92 Å². The molecule has 1 heterocycles. The lowest BCUT2D eigenvalue weighted by Gasteiger charge is -2.33. The Balaban J connectivity index is 2.25. The van der Waals surface area contributed by atoms with Gasteiger partial charge in [-0.15, -0.1) is 0 Å². The number of nitrogens with zero attached hydrogens (tertiary/aromatic N) is 1. The summed E-state index contributed by atoms with van der Waals surface area (Å²) in [5, 5.41) is 0. The fraction of sp³-hybridized carbons (Fsp3) is 0.538. The first-order chi connectivity index (χ1) is 8.94. The van der Waals surface area contributed by atoms with Gasteiger partial charge >= 0.3 is 0 Å². The third-order valence-corrected chi connectivity index (χ3v) is 5.11. The molecule has 1 aliphatic heterocycles. The highest BCUT2D eigenvalue weighted by Crippen LogP contribution is 2.29. The largest absolute Gasteiger partial charge is 0.397 e. The number of nitrogen functional groups attached to an aromatic ring is 1. The van der Waals surface area contributed by atoms with Crippen LogP contribution in [0.2, 0.25) is 0 Å². The van der Waals surface area contributed by atoms with E-state index < -0.39 is 10.0 Å². The van der Waals surface area contributed by atoms with Crippen LogP contribution in [0.25, 0.3) is 0 Å². The molecule has 0 atom stereocenters. The van der Waals surface area contributed by atoms with E-state index in [0.717, 1.165) is 37.5 Å². The number of nitrogens with two attached hydrogens (primary N) is 1. The Labute approximate surface area is 114 Å². The second-order valence-electron chi connectivity index (χ2n) is 5.10. The number of piperidine rings is 1. The lowest BCUT2D eigenvalue weighted by atomic mass is 9.98. The summed E-state index contributed by atoms with van der Waals surface area (Å²) in [6, 6.07) is 4.93. The molecule has 0 aromatic heterocycles. The minimum atomic E-state index is -3.43. The van der Waals surface area contributed by atoms with Crippen LogP contribution in [0.3, 0.4) is 0 Å². The molecule has 1 aliphatic rings. The molecule has 0 radical (unpaired) electrons. The summed E-state index contributed by atoms with van der Waals surface area (Å²) in [7, 11) is -2.03. The maximum absolute atomic E-state index is 11.7. The van der Waals surface area contributed by atoms with Crippen LogP contribution in [0.1, 0.15) is 19.8 Å². The summed E-state index contributed by atoms with van der Waals surface area (Å²) >= 11 is 0. The van der Waals surface area contributed by atoms with E-state index in [0.29, 0.717) is 5.69 Å². The number of rotatable bonds is 3. The molecule has 19 heavy (non-hydrogen) atoms. The summed E-state index contributed by atoms with van der Waals surface area (Å²) < 4.78 is 25.7. The van der Waals surface area contributed by atoms with E-state index in [1.807, 2.05) is 0 Å². The zero-order valence-electron chi connectivity index (χ0n) is 11.4. The number of anilines is 2. The minimum Gasteiger partial charge on any atom is -0.397 e. The van der Waals surface area contributed by atoms with Crippen molar-refractivity contribution < 1.29 is 8.42 Å². The first-order valence-electron chi connectivity index (χ1n) is 6.52. The van der Waals surface area contributed by atoms with Gasteiger partial charge in [-0.05, 0) is 44.0 Å². The van der Waals surface area contributed by atoms with Crippen LogP contribution in [0, 0.1) is 5.92 Å². The third kappa shape index (κ3) is 3.01. The highest BCUT2D eigenvalue weighted by Gasteiger charge is 2.19. The first kappa shape index (κ1) is 14.1. The van der Waals surface area contributed by atoms with Crippen molar-refractivity contribution in [3.8, 4) is 0 Å². The van der Waals surface area contributed by atoms with Crippen LogP contribution in [0.4, 0.5) is 11.4 Å². The highest BCUT2D eigenvalue weighted by molar-refractivity contribution is 7.89. The Morgan fingerprint density at radius 3 is 2.47 bits per heavy atom. The number of hydrogen-bond donors (Lipinski definition) is 2. The van der Waals surface area contributed by atoms with Gasteiger partial charge in [0.25, 0.3) is 0 Å². The van der Waals surface area contributed by atoms with Crippen LogP contribution >= 0.6 is 0 Å². The lowest BCUT2D eigenvalue weighted by molar-refractivity contribution is 0.438. The van der Waals surface area contributed by atoms with Gasteiger partial charge in [-0.3, -0.25) is 0 Å². The van der Waals surface area contributed by atoms with Gasteiger partial charge in [0.1, 0.15) is 0 Å². The summed E-state index contributed by atoms with van der Waals surface area (Å²) in [6.45, 7) is 4.20. The molecule has 1 fully saturated rings. The van der Waals surface area contributed by atoms with Crippen molar-refractivity contribution in [3.63, 3.8) is 0 Å². The van der Waals surface area contributed by atoms with Crippen LogP contribution in [0.5, 0.6) is 0 Å². The van der Waals surface area contributed by atoms with Gasteiger partial charge in [0.05, 0.1) is 16.3 Å². The predicted octanol–water partition coefficient (Wildman–Crippen LogP) is 1.41. The smallest absolute Gasteiger partial charge is 0.240 e. The maximum Gasteiger partial charge on any atom is 0.240 e. The monoisotopic (exact) mass is 283 g/mol. The Morgan fingerprint density at radius 2 is 1.95 bits per heavy atom. The topological polar surface area (TPSA) is 75.4 Å². The van der Waals surface area contributed by atoms with Crippen LogP contribution in [0.15, 0.2) is 23.1 Å². The second-order valence-corrected chi connectivity index (χ2v) is 6.98. The van der Waals surface area contributed by atoms with Crippen molar-refractivity contribution in [3.05, 3.63) is 18.2 Å². The average Bonchev–Trinajstić information content (AvgIpc) is 2.40. The van der Waals surface area contributed by atoms with E-state index in [1.54, 1.807) is 12.1 Å². The first-order valence-corrected chi connectivity index (χ1v) is 8.00. The summed E-state index contributed by atoms with van der Waals surface area (Å²) in [5.41, 5.74) is 7.46. The Morgan fingerprint density at radius 1 is 1.32 bits per heavy atom. The fourth-order valence-electron chi connectivity index (χ4n) is 2.36. The zero-order valence-corrected chi connectivity index (χ0v) is 12.2. The van der Waals surface area contributed by atoms with E-state index in [1.165, 1.54) is 13.1 Å². The average molecular weight is 283 g/mol. The summed E-state index contributed by atoms with van der Waals surface area (Å²) in [5.74, 6) is 0.751. The van der Waals surface area contributed by atoms with E-state index in [9.17, 15) is 8.42 Å². The van der Waals surface area contributed by atoms with Gasteiger partial charge in [0, 0.05) is 13.1 Å². The van der Waals surface area contributed by atoms with Crippen LogP contribution < -0.4 is 15.4 Å².